The SMILES string of the molecule is CCCOC(=O)CC(O)(CC(=O)OC(C)=O)C(=O)OCCC. The maximum Gasteiger partial charge on any atom is 0.339 e. The van der Waals surface area contributed by atoms with Crippen LogP contribution in [0.25, 0.3) is 0 Å². The molecule has 0 spiro atoms. The second-order valence-electron chi connectivity index (χ2n) is 4.71. The zero-order chi connectivity index (χ0) is 17.2. The van der Waals surface area contributed by atoms with Crippen molar-refractivity contribution in [2.24, 2.45) is 0 Å². The van der Waals surface area contributed by atoms with Gasteiger partial charge in [-0.05, 0) is 12.8 Å². The Hall–Kier alpha value is -1.96. The smallest absolute Gasteiger partial charge is 0.339 e. The zero-order valence-corrected chi connectivity index (χ0v) is 13.0. The molecule has 8 heteroatoms. The molecule has 0 saturated carbocycles. The highest BCUT2D eigenvalue weighted by Crippen LogP contribution is 2.20. The van der Waals surface area contributed by atoms with Gasteiger partial charge in [-0.15, -0.1) is 0 Å². The van der Waals surface area contributed by atoms with Gasteiger partial charge in [-0.1, -0.05) is 13.8 Å². The Bertz CT molecular complexity index is 417. The lowest BCUT2D eigenvalue weighted by Gasteiger charge is -2.23. The van der Waals surface area contributed by atoms with E-state index < -0.39 is 42.3 Å². The van der Waals surface area contributed by atoms with Crippen molar-refractivity contribution >= 4 is 23.9 Å². The number of aliphatic hydroxyl groups is 1. The minimum Gasteiger partial charge on any atom is -0.466 e. The zero-order valence-electron chi connectivity index (χ0n) is 13.0. The third kappa shape index (κ3) is 7.72. The summed E-state index contributed by atoms with van der Waals surface area (Å²) >= 11 is 0. The van der Waals surface area contributed by atoms with Crippen LogP contribution in [0.1, 0.15) is 46.5 Å². The molecule has 0 aliphatic rings. The van der Waals surface area contributed by atoms with Gasteiger partial charge in [0.25, 0.3) is 0 Å². The van der Waals surface area contributed by atoms with E-state index in [1.807, 2.05) is 0 Å². The van der Waals surface area contributed by atoms with Crippen molar-refractivity contribution in [3.05, 3.63) is 0 Å². The topological polar surface area (TPSA) is 116 Å². The van der Waals surface area contributed by atoms with E-state index in [1.54, 1.807) is 13.8 Å². The van der Waals surface area contributed by atoms with Gasteiger partial charge < -0.3 is 19.3 Å². The summed E-state index contributed by atoms with van der Waals surface area (Å²) in [6.07, 6.45) is -0.574. The van der Waals surface area contributed by atoms with Crippen LogP contribution in [0.15, 0.2) is 0 Å². The van der Waals surface area contributed by atoms with E-state index in [0.717, 1.165) is 6.92 Å². The average molecular weight is 318 g/mol. The summed E-state index contributed by atoms with van der Waals surface area (Å²) in [4.78, 5) is 45.7. The molecule has 0 fully saturated rings. The van der Waals surface area contributed by atoms with Crippen molar-refractivity contribution < 1.29 is 38.5 Å². The molecular weight excluding hydrogens is 296 g/mol. The lowest BCUT2D eigenvalue weighted by atomic mass is 9.95. The van der Waals surface area contributed by atoms with Crippen molar-refractivity contribution in [3.63, 3.8) is 0 Å². The molecule has 0 aromatic heterocycles. The Balaban J connectivity index is 4.95. The Morgan fingerprint density at radius 2 is 1.41 bits per heavy atom. The molecule has 1 unspecified atom stereocenters. The molecule has 0 bridgehead atoms. The monoisotopic (exact) mass is 318 g/mol. The molecule has 8 nitrogen and oxygen atoms in total. The molecule has 0 saturated heterocycles. The molecular formula is C14H22O8. The molecule has 0 aromatic carbocycles. The van der Waals surface area contributed by atoms with Crippen LogP contribution >= 0.6 is 0 Å². The minimum absolute atomic E-state index is 0.0207. The van der Waals surface area contributed by atoms with Gasteiger partial charge >= 0.3 is 23.9 Å². The second-order valence-corrected chi connectivity index (χ2v) is 4.71. The van der Waals surface area contributed by atoms with Crippen LogP contribution in [0.2, 0.25) is 0 Å². The molecule has 1 N–H and O–H groups in total. The Labute approximate surface area is 128 Å². The van der Waals surface area contributed by atoms with Crippen LogP contribution in [0.4, 0.5) is 0 Å². The number of esters is 4. The van der Waals surface area contributed by atoms with Crippen LogP contribution in [0.3, 0.4) is 0 Å². The van der Waals surface area contributed by atoms with Crippen molar-refractivity contribution in [1.29, 1.82) is 0 Å². The van der Waals surface area contributed by atoms with E-state index in [1.165, 1.54) is 0 Å². The van der Waals surface area contributed by atoms with Gasteiger partial charge in [0, 0.05) is 6.92 Å². The van der Waals surface area contributed by atoms with Gasteiger partial charge in [0.1, 0.15) is 0 Å². The molecule has 0 aromatic rings. The maximum atomic E-state index is 11.9. The first-order chi connectivity index (χ1) is 10.2. The molecule has 126 valence electrons. The van der Waals surface area contributed by atoms with Gasteiger partial charge in [0.05, 0.1) is 26.1 Å². The molecule has 22 heavy (non-hydrogen) atoms. The number of hydrogen-bond donors (Lipinski definition) is 1. The average Bonchev–Trinajstić information content (AvgIpc) is 2.40. The minimum atomic E-state index is -2.42. The van der Waals surface area contributed by atoms with E-state index in [0.29, 0.717) is 12.8 Å². The van der Waals surface area contributed by atoms with Gasteiger partial charge in [-0.25, -0.2) is 4.79 Å². The summed E-state index contributed by atoms with van der Waals surface area (Å²) in [6, 6.07) is 0. The predicted molar refractivity (Wildman–Crippen MR) is 73.5 cm³/mol. The summed E-state index contributed by atoms with van der Waals surface area (Å²) in [6.45, 7) is 4.66. The van der Waals surface area contributed by atoms with E-state index in [4.69, 9.17) is 9.47 Å². The normalized spacial score (nSPS) is 12.9. The molecule has 1 atom stereocenters. The lowest BCUT2D eigenvalue weighted by Crippen LogP contribution is -2.45. The largest absolute Gasteiger partial charge is 0.466 e. The summed E-state index contributed by atoms with van der Waals surface area (Å²) in [5.74, 6) is -4.01. The van der Waals surface area contributed by atoms with Crippen LogP contribution in [0, 0.1) is 0 Å². The fourth-order valence-corrected chi connectivity index (χ4v) is 1.48. The van der Waals surface area contributed by atoms with Crippen molar-refractivity contribution in [3.8, 4) is 0 Å². The number of ether oxygens (including phenoxy) is 3. The third-order valence-electron chi connectivity index (χ3n) is 2.42. The maximum absolute atomic E-state index is 11.9. The highest BCUT2D eigenvalue weighted by atomic mass is 16.6. The van der Waals surface area contributed by atoms with E-state index in [2.05, 4.69) is 4.74 Å². The summed E-state index contributed by atoms with van der Waals surface area (Å²) in [5.41, 5.74) is -2.42. The first-order valence-corrected chi connectivity index (χ1v) is 7.01. The van der Waals surface area contributed by atoms with E-state index in [-0.39, 0.29) is 13.2 Å². The standard InChI is InChI=1S/C14H22O8/c1-4-6-20-11(16)8-14(19,13(18)21-7-5-2)9-12(17)22-10(3)15/h19H,4-9H2,1-3H3. The Morgan fingerprint density at radius 3 is 1.91 bits per heavy atom. The fraction of sp³-hybridized carbons (Fsp3) is 0.714. The Kier molecular flexibility index (Phi) is 9.00. The summed E-state index contributed by atoms with van der Waals surface area (Å²) < 4.78 is 13.8. The van der Waals surface area contributed by atoms with Crippen LogP contribution in [-0.4, -0.2) is 47.8 Å². The number of carbonyl (C=O) groups excluding carboxylic acids is 4. The summed E-state index contributed by atoms with van der Waals surface area (Å²) in [7, 11) is 0. The highest BCUT2D eigenvalue weighted by molar-refractivity contribution is 5.92. The van der Waals surface area contributed by atoms with E-state index in [9.17, 15) is 24.3 Å². The molecule has 0 aliphatic carbocycles. The third-order valence-corrected chi connectivity index (χ3v) is 2.42. The van der Waals surface area contributed by atoms with Crippen molar-refractivity contribution in [2.75, 3.05) is 13.2 Å². The highest BCUT2D eigenvalue weighted by Gasteiger charge is 2.43. The van der Waals surface area contributed by atoms with Crippen molar-refractivity contribution in [2.45, 2.75) is 52.1 Å². The molecule has 0 amide bonds. The first-order valence-electron chi connectivity index (χ1n) is 7.01. The Morgan fingerprint density at radius 1 is 0.909 bits per heavy atom. The fourth-order valence-electron chi connectivity index (χ4n) is 1.48. The number of hydrogen-bond acceptors (Lipinski definition) is 8. The van der Waals surface area contributed by atoms with E-state index >= 15 is 0 Å². The van der Waals surface area contributed by atoms with Gasteiger partial charge in [-0.2, -0.15) is 0 Å². The predicted octanol–water partition coefficient (Wildman–Crippen LogP) is 0.494. The molecule has 0 rings (SSSR count). The second kappa shape index (κ2) is 9.88. The first kappa shape index (κ1) is 20.0. The summed E-state index contributed by atoms with van der Waals surface area (Å²) in [5, 5.41) is 10.3. The van der Waals surface area contributed by atoms with Crippen LogP contribution < -0.4 is 0 Å². The van der Waals surface area contributed by atoms with Gasteiger partial charge in [-0.3, -0.25) is 14.4 Å². The number of carbonyl (C=O) groups is 4. The molecule has 0 aliphatic heterocycles. The van der Waals surface area contributed by atoms with Crippen molar-refractivity contribution in [1.82, 2.24) is 0 Å². The molecule has 0 radical (unpaired) electrons. The van der Waals surface area contributed by atoms with Gasteiger partial charge in [0.15, 0.2) is 5.60 Å². The van der Waals surface area contributed by atoms with Crippen LogP contribution in [0.5, 0.6) is 0 Å². The number of rotatable bonds is 9. The lowest BCUT2D eigenvalue weighted by molar-refractivity contribution is -0.179. The molecule has 0 heterocycles. The van der Waals surface area contributed by atoms with Crippen LogP contribution in [-0.2, 0) is 33.4 Å². The quantitative estimate of drug-likeness (QED) is 0.371. The van der Waals surface area contributed by atoms with Gasteiger partial charge in [0.2, 0.25) is 0 Å².